The maximum atomic E-state index is 4.03. The molecule has 0 atom stereocenters. The summed E-state index contributed by atoms with van der Waals surface area (Å²) in [4.78, 5) is 6.50. The smallest absolute Gasteiger partial charge is 0.0279 e. The van der Waals surface area contributed by atoms with E-state index in [9.17, 15) is 0 Å². The summed E-state index contributed by atoms with van der Waals surface area (Å²) in [5.74, 6) is 0. The summed E-state index contributed by atoms with van der Waals surface area (Å²) in [5.41, 5.74) is 1.47. The van der Waals surface area contributed by atoms with E-state index in [0.717, 1.165) is 6.54 Å². The second-order valence-corrected chi connectivity index (χ2v) is 6.68. The standard InChI is InChI=1S/C16H20N2S/c1-16(2,3)18-12-13-4-6-14(7-5-13)19-15-8-10-17-11-9-15/h4-11,18H,12H2,1-3H3. The van der Waals surface area contributed by atoms with Gasteiger partial charge in [-0.25, -0.2) is 0 Å². The fourth-order valence-corrected chi connectivity index (χ4v) is 2.39. The van der Waals surface area contributed by atoms with Crippen molar-refractivity contribution in [1.29, 1.82) is 0 Å². The summed E-state index contributed by atoms with van der Waals surface area (Å²) in [6.07, 6.45) is 3.65. The zero-order valence-electron chi connectivity index (χ0n) is 11.7. The fraction of sp³-hybridized carbons (Fsp3) is 0.312. The molecule has 1 heterocycles. The first kappa shape index (κ1) is 14.1. The Kier molecular flexibility index (Phi) is 4.61. The van der Waals surface area contributed by atoms with E-state index in [4.69, 9.17) is 0 Å². The van der Waals surface area contributed by atoms with Crippen LogP contribution in [0.25, 0.3) is 0 Å². The van der Waals surface area contributed by atoms with Crippen molar-refractivity contribution >= 4 is 11.8 Å². The minimum Gasteiger partial charge on any atom is -0.308 e. The Morgan fingerprint density at radius 1 is 0.947 bits per heavy atom. The molecule has 3 heteroatoms. The van der Waals surface area contributed by atoms with Crippen molar-refractivity contribution in [1.82, 2.24) is 10.3 Å². The van der Waals surface area contributed by atoms with Crippen molar-refractivity contribution in [3.8, 4) is 0 Å². The average Bonchev–Trinajstić information content (AvgIpc) is 2.38. The molecule has 1 N–H and O–H groups in total. The molecule has 0 saturated heterocycles. The molecule has 0 fully saturated rings. The lowest BCUT2D eigenvalue weighted by Crippen LogP contribution is -2.35. The molecule has 1 aromatic heterocycles. The highest BCUT2D eigenvalue weighted by atomic mass is 32.2. The molecule has 0 saturated carbocycles. The predicted molar refractivity (Wildman–Crippen MR) is 81.4 cm³/mol. The third-order valence-corrected chi connectivity index (χ3v) is 3.65. The first-order valence-corrected chi connectivity index (χ1v) is 7.26. The molecule has 0 spiro atoms. The third kappa shape index (κ3) is 5.05. The van der Waals surface area contributed by atoms with E-state index < -0.39 is 0 Å². The Balaban J connectivity index is 1.95. The van der Waals surface area contributed by atoms with Crippen LogP contribution < -0.4 is 5.32 Å². The molecule has 1 aromatic carbocycles. The Labute approximate surface area is 119 Å². The monoisotopic (exact) mass is 272 g/mol. The van der Waals surface area contributed by atoms with Gasteiger partial charge < -0.3 is 5.32 Å². The minimum atomic E-state index is 0.157. The number of rotatable bonds is 4. The highest BCUT2D eigenvalue weighted by molar-refractivity contribution is 7.99. The van der Waals surface area contributed by atoms with Crippen molar-refractivity contribution in [2.75, 3.05) is 0 Å². The highest BCUT2D eigenvalue weighted by Gasteiger charge is 2.08. The van der Waals surface area contributed by atoms with E-state index in [1.165, 1.54) is 15.4 Å². The first-order chi connectivity index (χ1) is 9.03. The number of nitrogens with one attached hydrogen (secondary N) is 1. The van der Waals surface area contributed by atoms with Gasteiger partial charge in [-0.2, -0.15) is 0 Å². The maximum Gasteiger partial charge on any atom is 0.0279 e. The molecule has 2 aromatic rings. The van der Waals surface area contributed by atoms with Gasteiger partial charge in [0.1, 0.15) is 0 Å². The summed E-state index contributed by atoms with van der Waals surface area (Å²) in [6.45, 7) is 7.45. The Morgan fingerprint density at radius 3 is 2.11 bits per heavy atom. The normalized spacial score (nSPS) is 11.5. The topological polar surface area (TPSA) is 24.9 Å². The predicted octanol–water partition coefficient (Wildman–Crippen LogP) is 4.12. The van der Waals surface area contributed by atoms with Gasteiger partial charge in [0.25, 0.3) is 0 Å². The first-order valence-electron chi connectivity index (χ1n) is 6.45. The molecule has 100 valence electrons. The second kappa shape index (κ2) is 6.22. The zero-order valence-corrected chi connectivity index (χ0v) is 12.5. The quantitative estimate of drug-likeness (QED) is 0.906. The molecule has 0 bridgehead atoms. The van der Waals surface area contributed by atoms with E-state index in [1.54, 1.807) is 11.8 Å². The lowest BCUT2D eigenvalue weighted by atomic mass is 10.1. The van der Waals surface area contributed by atoms with Crippen molar-refractivity contribution < 1.29 is 0 Å². The largest absolute Gasteiger partial charge is 0.308 e. The van der Waals surface area contributed by atoms with Crippen LogP contribution in [0.4, 0.5) is 0 Å². The van der Waals surface area contributed by atoms with Crippen molar-refractivity contribution in [3.63, 3.8) is 0 Å². The zero-order chi connectivity index (χ0) is 13.7. The van der Waals surface area contributed by atoms with Gasteiger partial charge in [-0.1, -0.05) is 23.9 Å². The molecule has 0 unspecified atom stereocenters. The van der Waals surface area contributed by atoms with Gasteiger partial charge in [0, 0.05) is 34.3 Å². The van der Waals surface area contributed by atoms with E-state index in [-0.39, 0.29) is 5.54 Å². The SMILES string of the molecule is CC(C)(C)NCc1ccc(Sc2ccncc2)cc1. The van der Waals surface area contributed by atoms with Crippen molar-refractivity contribution in [2.24, 2.45) is 0 Å². The molecule has 0 radical (unpaired) electrons. The van der Waals surface area contributed by atoms with E-state index in [1.807, 2.05) is 24.5 Å². The van der Waals surface area contributed by atoms with Gasteiger partial charge in [0.05, 0.1) is 0 Å². The summed E-state index contributed by atoms with van der Waals surface area (Å²) in [6, 6.07) is 12.8. The number of benzene rings is 1. The summed E-state index contributed by atoms with van der Waals surface area (Å²) in [7, 11) is 0. The summed E-state index contributed by atoms with van der Waals surface area (Å²) in [5, 5.41) is 3.49. The molecule has 0 aliphatic heterocycles. The molecule has 0 amide bonds. The van der Waals surface area contributed by atoms with Crippen LogP contribution in [0, 0.1) is 0 Å². The van der Waals surface area contributed by atoms with E-state index in [0.29, 0.717) is 0 Å². The molecule has 0 aliphatic rings. The van der Waals surface area contributed by atoms with E-state index in [2.05, 4.69) is 55.3 Å². The number of hydrogen-bond donors (Lipinski definition) is 1. The molecule has 0 aliphatic carbocycles. The van der Waals surface area contributed by atoms with Crippen LogP contribution in [0.5, 0.6) is 0 Å². The molecular formula is C16H20N2S. The van der Waals surface area contributed by atoms with Crippen molar-refractivity contribution in [3.05, 3.63) is 54.4 Å². The van der Waals surface area contributed by atoms with E-state index >= 15 is 0 Å². The highest BCUT2D eigenvalue weighted by Crippen LogP contribution is 2.26. The molecule has 2 nitrogen and oxygen atoms in total. The number of pyridine rings is 1. The Bertz CT molecular complexity index is 501. The van der Waals surface area contributed by atoms with Crippen LogP contribution in [0.15, 0.2) is 58.6 Å². The van der Waals surface area contributed by atoms with Gasteiger partial charge in [-0.05, 0) is 50.6 Å². The second-order valence-electron chi connectivity index (χ2n) is 5.53. The van der Waals surface area contributed by atoms with Crippen LogP contribution in [-0.4, -0.2) is 10.5 Å². The summed E-state index contributed by atoms with van der Waals surface area (Å²) < 4.78 is 0. The Morgan fingerprint density at radius 2 is 1.53 bits per heavy atom. The Hall–Kier alpha value is -1.32. The molecule has 19 heavy (non-hydrogen) atoms. The van der Waals surface area contributed by atoms with Crippen LogP contribution >= 0.6 is 11.8 Å². The number of hydrogen-bond acceptors (Lipinski definition) is 3. The minimum absolute atomic E-state index is 0.157. The van der Waals surface area contributed by atoms with Crippen LogP contribution in [0.2, 0.25) is 0 Å². The fourth-order valence-electron chi connectivity index (χ4n) is 1.58. The van der Waals surface area contributed by atoms with Crippen LogP contribution in [-0.2, 0) is 6.54 Å². The number of aromatic nitrogens is 1. The van der Waals surface area contributed by atoms with Crippen LogP contribution in [0.3, 0.4) is 0 Å². The van der Waals surface area contributed by atoms with Crippen LogP contribution in [0.1, 0.15) is 26.3 Å². The van der Waals surface area contributed by atoms with Gasteiger partial charge in [0.2, 0.25) is 0 Å². The van der Waals surface area contributed by atoms with Crippen molar-refractivity contribution in [2.45, 2.75) is 42.6 Å². The maximum absolute atomic E-state index is 4.03. The van der Waals surface area contributed by atoms with Gasteiger partial charge in [-0.3, -0.25) is 4.98 Å². The average molecular weight is 272 g/mol. The lowest BCUT2D eigenvalue weighted by Gasteiger charge is -2.20. The van der Waals surface area contributed by atoms with Gasteiger partial charge >= 0.3 is 0 Å². The molecule has 2 rings (SSSR count). The van der Waals surface area contributed by atoms with Gasteiger partial charge in [0.15, 0.2) is 0 Å². The number of nitrogens with zero attached hydrogens (tertiary/aromatic N) is 1. The van der Waals surface area contributed by atoms with Gasteiger partial charge in [-0.15, -0.1) is 0 Å². The lowest BCUT2D eigenvalue weighted by molar-refractivity contribution is 0.424. The summed E-state index contributed by atoms with van der Waals surface area (Å²) >= 11 is 1.76. The molecular weight excluding hydrogens is 252 g/mol. The third-order valence-electron chi connectivity index (χ3n) is 2.63.